The fourth-order valence-corrected chi connectivity index (χ4v) is 1.55. The highest BCUT2D eigenvalue weighted by Gasteiger charge is 2.19. The second kappa shape index (κ2) is 4.90. The Bertz CT molecular complexity index is 341. The lowest BCUT2D eigenvalue weighted by Crippen LogP contribution is -2.36. The predicted molar refractivity (Wildman–Crippen MR) is 64.0 cm³/mol. The van der Waals surface area contributed by atoms with Gasteiger partial charge in [-0.1, -0.05) is 0 Å². The summed E-state index contributed by atoms with van der Waals surface area (Å²) in [6.07, 6.45) is 1.74. The average molecular weight is 274 g/mol. The van der Waals surface area contributed by atoms with Crippen molar-refractivity contribution in [3.63, 3.8) is 0 Å². The van der Waals surface area contributed by atoms with Crippen LogP contribution < -0.4 is 5.32 Å². The molecule has 0 aromatic carbocycles. The monoisotopic (exact) mass is 273 g/mol. The van der Waals surface area contributed by atoms with Crippen molar-refractivity contribution in [3.8, 4) is 0 Å². The zero-order chi connectivity index (χ0) is 11.5. The van der Waals surface area contributed by atoms with E-state index in [1.807, 2.05) is 6.92 Å². The molecule has 15 heavy (non-hydrogen) atoms. The molecular formula is C10H16BrN3O. The first-order chi connectivity index (χ1) is 6.94. The molecule has 0 saturated carbocycles. The molecule has 0 radical (unpaired) electrons. The Morgan fingerprint density at radius 3 is 2.80 bits per heavy atom. The summed E-state index contributed by atoms with van der Waals surface area (Å²) >= 11 is 3.41. The van der Waals surface area contributed by atoms with Gasteiger partial charge in [0.25, 0.3) is 0 Å². The summed E-state index contributed by atoms with van der Waals surface area (Å²) in [5.41, 5.74) is -0.155. The number of anilines is 1. The Labute approximate surface area is 98.6 Å². The molecule has 0 amide bonds. The van der Waals surface area contributed by atoms with Crippen molar-refractivity contribution in [1.82, 2.24) is 9.97 Å². The maximum Gasteiger partial charge on any atom is 0.144 e. The molecule has 0 aliphatic carbocycles. The minimum absolute atomic E-state index is 0.155. The van der Waals surface area contributed by atoms with Crippen LogP contribution >= 0.6 is 15.9 Å². The summed E-state index contributed by atoms with van der Waals surface area (Å²) in [4.78, 5) is 8.40. The number of ether oxygens (including phenoxy) is 1. The lowest BCUT2D eigenvalue weighted by Gasteiger charge is -2.26. The van der Waals surface area contributed by atoms with Crippen LogP contribution in [-0.2, 0) is 4.74 Å². The molecule has 84 valence electrons. The second-order valence-electron chi connectivity index (χ2n) is 4.06. The standard InChI is InChI=1S/C10H16BrN3O/c1-7-12-5-8(11)9(13-7)14-10(2,3)6-15-4/h5H,6H2,1-4H3,(H,12,13,14). The van der Waals surface area contributed by atoms with Crippen LogP contribution in [0.3, 0.4) is 0 Å². The number of aryl methyl sites for hydroxylation is 1. The van der Waals surface area contributed by atoms with Gasteiger partial charge in [-0.15, -0.1) is 0 Å². The van der Waals surface area contributed by atoms with Gasteiger partial charge in [-0.2, -0.15) is 0 Å². The maximum atomic E-state index is 5.13. The number of methoxy groups -OCH3 is 1. The van der Waals surface area contributed by atoms with Crippen molar-refractivity contribution in [3.05, 3.63) is 16.5 Å². The van der Waals surface area contributed by atoms with Gasteiger partial charge in [0.1, 0.15) is 11.6 Å². The quantitative estimate of drug-likeness (QED) is 0.915. The van der Waals surface area contributed by atoms with Gasteiger partial charge in [0, 0.05) is 13.3 Å². The minimum atomic E-state index is -0.155. The van der Waals surface area contributed by atoms with Gasteiger partial charge in [-0.3, -0.25) is 0 Å². The van der Waals surface area contributed by atoms with Crippen molar-refractivity contribution in [1.29, 1.82) is 0 Å². The second-order valence-corrected chi connectivity index (χ2v) is 4.91. The van der Waals surface area contributed by atoms with Gasteiger partial charge in [0.2, 0.25) is 0 Å². The van der Waals surface area contributed by atoms with E-state index in [1.165, 1.54) is 0 Å². The molecule has 0 aliphatic rings. The number of hydrogen-bond acceptors (Lipinski definition) is 4. The third kappa shape index (κ3) is 3.76. The number of rotatable bonds is 4. The van der Waals surface area contributed by atoms with Crippen molar-refractivity contribution < 1.29 is 4.74 Å². The molecule has 5 heteroatoms. The van der Waals surface area contributed by atoms with Crippen molar-refractivity contribution in [2.24, 2.45) is 0 Å². The number of hydrogen-bond donors (Lipinski definition) is 1. The molecule has 0 atom stereocenters. The first kappa shape index (κ1) is 12.4. The van der Waals surface area contributed by atoms with E-state index in [0.717, 1.165) is 16.1 Å². The molecule has 0 saturated heterocycles. The summed E-state index contributed by atoms with van der Waals surface area (Å²) < 4.78 is 5.99. The van der Waals surface area contributed by atoms with Gasteiger partial charge in [-0.25, -0.2) is 9.97 Å². The predicted octanol–water partition coefficient (Wildman–Crippen LogP) is 2.38. The molecule has 1 heterocycles. The van der Waals surface area contributed by atoms with Crippen molar-refractivity contribution in [2.75, 3.05) is 19.0 Å². The largest absolute Gasteiger partial charge is 0.382 e. The van der Waals surface area contributed by atoms with Crippen LogP contribution in [0.2, 0.25) is 0 Å². The van der Waals surface area contributed by atoms with Crippen LogP contribution in [0.4, 0.5) is 5.82 Å². The molecule has 0 unspecified atom stereocenters. The van der Waals surface area contributed by atoms with Crippen LogP contribution in [-0.4, -0.2) is 29.2 Å². The van der Waals surface area contributed by atoms with E-state index >= 15 is 0 Å². The molecule has 1 aromatic rings. The van der Waals surface area contributed by atoms with E-state index in [1.54, 1.807) is 13.3 Å². The van der Waals surface area contributed by atoms with E-state index < -0.39 is 0 Å². The molecule has 4 nitrogen and oxygen atoms in total. The summed E-state index contributed by atoms with van der Waals surface area (Å²) in [6, 6.07) is 0. The smallest absolute Gasteiger partial charge is 0.144 e. The Balaban J connectivity index is 2.83. The highest BCUT2D eigenvalue weighted by molar-refractivity contribution is 9.10. The third-order valence-electron chi connectivity index (χ3n) is 1.83. The summed E-state index contributed by atoms with van der Waals surface area (Å²) in [6.45, 7) is 6.59. The molecule has 0 spiro atoms. The number of nitrogens with one attached hydrogen (secondary N) is 1. The Morgan fingerprint density at radius 1 is 1.53 bits per heavy atom. The fourth-order valence-electron chi connectivity index (χ4n) is 1.26. The third-order valence-corrected chi connectivity index (χ3v) is 2.41. The van der Waals surface area contributed by atoms with Crippen LogP contribution in [0.5, 0.6) is 0 Å². The molecule has 1 aromatic heterocycles. The lowest BCUT2D eigenvalue weighted by atomic mass is 10.1. The van der Waals surface area contributed by atoms with Gasteiger partial charge >= 0.3 is 0 Å². The van der Waals surface area contributed by atoms with Gasteiger partial charge in [0.05, 0.1) is 16.6 Å². The minimum Gasteiger partial charge on any atom is -0.382 e. The molecular weight excluding hydrogens is 258 g/mol. The molecule has 0 fully saturated rings. The first-order valence-corrected chi connectivity index (χ1v) is 5.50. The van der Waals surface area contributed by atoms with Gasteiger partial charge in [-0.05, 0) is 36.7 Å². The normalized spacial score (nSPS) is 11.5. The Kier molecular flexibility index (Phi) is 4.04. The zero-order valence-electron chi connectivity index (χ0n) is 9.47. The molecule has 1 N–H and O–H groups in total. The highest BCUT2D eigenvalue weighted by atomic mass is 79.9. The topological polar surface area (TPSA) is 47.0 Å². The summed E-state index contributed by atoms with van der Waals surface area (Å²) in [5.74, 6) is 1.54. The fraction of sp³-hybridized carbons (Fsp3) is 0.600. The van der Waals surface area contributed by atoms with Crippen molar-refractivity contribution in [2.45, 2.75) is 26.3 Å². The van der Waals surface area contributed by atoms with Crippen molar-refractivity contribution >= 4 is 21.7 Å². The van der Waals surface area contributed by atoms with Crippen LogP contribution in [0.1, 0.15) is 19.7 Å². The zero-order valence-corrected chi connectivity index (χ0v) is 11.1. The van der Waals surface area contributed by atoms with Gasteiger partial charge in [0.15, 0.2) is 0 Å². The first-order valence-electron chi connectivity index (χ1n) is 4.71. The van der Waals surface area contributed by atoms with Gasteiger partial charge < -0.3 is 10.1 Å². The summed E-state index contributed by atoms with van der Waals surface area (Å²) in [5, 5.41) is 3.31. The number of nitrogens with zero attached hydrogens (tertiary/aromatic N) is 2. The molecule has 0 bridgehead atoms. The number of aromatic nitrogens is 2. The maximum absolute atomic E-state index is 5.13. The SMILES string of the molecule is COCC(C)(C)Nc1nc(C)ncc1Br. The Morgan fingerprint density at radius 2 is 2.20 bits per heavy atom. The van der Waals surface area contributed by atoms with E-state index in [2.05, 4.69) is 45.1 Å². The van der Waals surface area contributed by atoms with Crippen LogP contribution in [0, 0.1) is 6.92 Å². The van der Waals surface area contributed by atoms with Crippen LogP contribution in [0.25, 0.3) is 0 Å². The van der Waals surface area contributed by atoms with Crippen LogP contribution in [0.15, 0.2) is 10.7 Å². The van der Waals surface area contributed by atoms with E-state index in [4.69, 9.17) is 4.74 Å². The van der Waals surface area contributed by atoms with E-state index in [9.17, 15) is 0 Å². The molecule has 1 rings (SSSR count). The lowest BCUT2D eigenvalue weighted by molar-refractivity contribution is 0.158. The highest BCUT2D eigenvalue weighted by Crippen LogP contribution is 2.22. The van der Waals surface area contributed by atoms with E-state index in [-0.39, 0.29) is 5.54 Å². The van der Waals surface area contributed by atoms with E-state index in [0.29, 0.717) is 6.61 Å². The Hall–Kier alpha value is -0.680. The molecule has 0 aliphatic heterocycles. The number of halogens is 1. The summed E-state index contributed by atoms with van der Waals surface area (Å²) in [7, 11) is 1.68. The average Bonchev–Trinajstić information content (AvgIpc) is 2.10.